The second-order valence-corrected chi connectivity index (χ2v) is 7.82. The predicted molar refractivity (Wildman–Crippen MR) is 99.7 cm³/mol. The maximum atomic E-state index is 12.4. The minimum Gasteiger partial charge on any atom is -0.342 e. The third-order valence-corrected chi connectivity index (χ3v) is 5.34. The van der Waals surface area contributed by atoms with Gasteiger partial charge in [-0.1, -0.05) is 13.8 Å². The molecule has 1 aromatic rings. The largest absolute Gasteiger partial charge is 0.342 e. The maximum Gasteiger partial charge on any atom is 0.253 e. The van der Waals surface area contributed by atoms with Crippen LogP contribution in [-0.2, 0) is 16.0 Å². The van der Waals surface area contributed by atoms with Crippen molar-refractivity contribution >= 4 is 17.6 Å². The topological polar surface area (TPSA) is 90.5 Å². The number of hydrogen-bond acceptors (Lipinski definition) is 4. The van der Waals surface area contributed by atoms with E-state index < -0.39 is 5.54 Å². The Balaban J connectivity index is 1.47. The van der Waals surface area contributed by atoms with Crippen molar-refractivity contribution in [2.45, 2.75) is 64.3 Å². The Kier molecular flexibility index (Phi) is 5.74. The van der Waals surface area contributed by atoms with Crippen LogP contribution in [0.25, 0.3) is 0 Å². The zero-order chi connectivity index (χ0) is 18.6. The maximum absolute atomic E-state index is 12.4. The molecule has 1 spiro atoms. The number of hydrogen-bond donors (Lipinski definition) is 2. The SMILES string of the molecule is CC(C)CCC1=NC2(CCN(C(=O)CCCc3cn[nH]c3)CC2)C(=O)N1. The van der Waals surface area contributed by atoms with Crippen LogP contribution in [0.4, 0.5) is 0 Å². The quantitative estimate of drug-likeness (QED) is 0.781. The van der Waals surface area contributed by atoms with Gasteiger partial charge < -0.3 is 10.2 Å². The first kappa shape index (κ1) is 18.6. The Labute approximate surface area is 154 Å². The highest BCUT2D eigenvalue weighted by Gasteiger charge is 2.46. The van der Waals surface area contributed by atoms with Gasteiger partial charge in [0.1, 0.15) is 11.4 Å². The fourth-order valence-electron chi connectivity index (χ4n) is 3.61. The summed E-state index contributed by atoms with van der Waals surface area (Å²) in [4.78, 5) is 31.5. The summed E-state index contributed by atoms with van der Waals surface area (Å²) in [6.45, 7) is 5.56. The average Bonchev–Trinajstić information content (AvgIpc) is 3.23. The van der Waals surface area contributed by atoms with Crippen LogP contribution in [0.3, 0.4) is 0 Å². The molecule has 2 amide bonds. The molecule has 0 radical (unpaired) electrons. The van der Waals surface area contributed by atoms with Gasteiger partial charge in [-0.05, 0) is 43.6 Å². The van der Waals surface area contributed by atoms with Gasteiger partial charge in [-0.15, -0.1) is 0 Å². The smallest absolute Gasteiger partial charge is 0.253 e. The first-order valence-corrected chi connectivity index (χ1v) is 9.64. The highest BCUT2D eigenvalue weighted by atomic mass is 16.2. The van der Waals surface area contributed by atoms with Gasteiger partial charge in [0.2, 0.25) is 5.91 Å². The molecule has 3 heterocycles. The highest BCUT2D eigenvalue weighted by molar-refractivity contribution is 6.08. The van der Waals surface area contributed by atoms with E-state index in [4.69, 9.17) is 4.99 Å². The van der Waals surface area contributed by atoms with Crippen LogP contribution in [0.5, 0.6) is 0 Å². The van der Waals surface area contributed by atoms with Crippen molar-refractivity contribution in [2.75, 3.05) is 13.1 Å². The second-order valence-electron chi connectivity index (χ2n) is 7.82. The lowest BCUT2D eigenvalue weighted by Gasteiger charge is -2.35. The van der Waals surface area contributed by atoms with Gasteiger partial charge in [-0.3, -0.25) is 19.7 Å². The van der Waals surface area contributed by atoms with Crippen molar-refractivity contribution in [3.63, 3.8) is 0 Å². The van der Waals surface area contributed by atoms with Crippen molar-refractivity contribution in [3.05, 3.63) is 18.0 Å². The zero-order valence-electron chi connectivity index (χ0n) is 15.8. The molecule has 1 saturated heterocycles. The van der Waals surface area contributed by atoms with E-state index in [1.54, 1.807) is 6.20 Å². The first-order chi connectivity index (χ1) is 12.5. The highest BCUT2D eigenvalue weighted by Crippen LogP contribution is 2.31. The monoisotopic (exact) mass is 359 g/mol. The molecule has 0 aliphatic carbocycles. The van der Waals surface area contributed by atoms with E-state index >= 15 is 0 Å². The van der Waals surface area contributed by atoms with Crippen LogP contribution in [0.15, 0.2) is 17.4 Å². The molecule has 0 saturated carbocycles. The summed E-state index contributed by atoms with van der Waals surface area (Å²) in [5, 5.41) is 9.66. The third kappa shape index (κ3) is 4.31. The van der Waals surface area contributed by atoms with Crippen LogP contribution in [0, 0.1) is 5.92 Å². The number of aliphatic imine (C=N–C) groups is 1. The van der Waals surface area contributed by atoms with Crippen LogP contribution in [0.1, 0.15) is 57.9 Å². The number of nitrogens with zero attached hydrogens (tertiary/aromatic N) is 3. The zero-order valence-corrected chi connectivity index (χ0v) is 15.8. The molecule has 2 aliphatic heterocycles. The molecule has 2 N–H and O–H groups in total. The number of piperidine rings is 1. The van der Waals surface area contributed by atoms with E-state index in [0.717, 1.165) is 37.1 Å². The number of amidine groups is 1. The van der Waals surface area contributed by atoms with Gasteiger partial charge in [0.05, 0.1) is 6.20 Å². The Bertz CT molecular complexity index is 657. The lowest BCUT2D eigenvalue weighted by Crippen LogP contribution is -2.50. The van der Waals surface area contributed by atoms with Crippen molar-refractivity contribution < 1.29 is 9.59 Å². The summed E-state index contributed by atoms with van der Waals surface area (Å²) in [7, 11) is 0. The number of rotatable bonds is 7. The molecular formula is C19H29N5O2. The number of carbonyl (C=O) groups excluding carboxylic acids is 2. The molecule has 0 bridgehead atoms. The predicted octanol–water partition coefficient (Wildman–Crippen LogP) is 2.06. The molecule has 0 atom stereocenters. The minimum absolute atomic E-state index is 0.0170. The second kappa shape index (κ2) is 8.01. The normalized spacial score (nSPS) is 19.1. The van der Waals surface area contributed by atoms with E-state index in [9.17, 15) is 9.59 Å². The van der Waals surface area contributed by atoms with E-state index in [2.05, 4.69) is 29.4 Å². The van der Waals surface area contributed by atoms with Crippen molar-refractivity contribution in [1.29, 1.82) is 0 Å². The number of aromatic amines is 1. The molecular weight excluding hydrogens is 330 g/mol. The average molecular weight is 359 g/mol. The standard InChI is InChI=1S/C19H29N5O2/c1-14(2)6-7-16-22-18(26)19(23-16)8-10-24(11-9-19)17(25)5-3-4-15-12-20-21-13-15/h12-14H,3-11H2,1-2H3,(H,20,21)(H,22,23,26). The number of likely N-dealkylation sites (tertiary alicyclic amines) is 1. The van der Waals surface area contributed by atoms with E-state index in [-0.39, 0.29) is 11.8 Å². The fourth-order valence-corrected chi connectivity index (χ4v) is 3.61. The number of aromatic nitrogens is 2. The number of aryl methyl sites for hydroxylation is 1. The van der Waals surface area contributed by atoms with Gasteiger partial charge in [0, 0.05) is 32.1 Å². The Morgan fingerprint density at radius 3 is 2.73 bits per heavy atom. The van der Waals surface area contributed by atoms with Crippen molar-refractivity contribution in [2.24, 2.45) is 10.9 Å². The molecule has 1 fully saturated rings. The summed E-state index contributed by atoms with van der Waals surface area (Å²) in [5.41, 5.74) is 0.487. The molecule has 0 unspecified atom stereocenters. The number of nitrogens with one attached hydrogen (secondary N) is 2. The van der Waals surface area contributed by atoms with Crippen LogP contribution in [0.2, 0.25) is 0 Å². The summed E-state index contributed by atoms with van der Waals surface area (Å²) in [6, 6.07) is 0. The number of amides is 2. The molecule has 26 heavy (non-hydrogen) atoms. The first-order valence-electron chi connectivity index (χ1n) is 9.64. The summed E-state index contributed by atoms with van der Waals surface area (Å²) in [5.74, 6) is 1.60. The molecule has 7 nitrogen and oxygen atoms in total. The lowest BCUT2D eigenvalue weighted by molar-refractivity contribution is -0.135. The molecule has 2 aliphatic rings. The van der Waals surface area contributed by atoms with E-state index in [1.165, 1.54) is 0 Å². The Morgan fingerprint density at radius 1 is 1.31 bits per heavy atom. The summed E-state index contributed by atoms with van der Waals surface area (Å²) >= 11 is 0. The Hall–Kier alpha value is -2.18. The number of H-pyrrole nitrogens is 1. The van der Waals surface area contributed by atoms with Gasteiger partial charge in [-0.25, -0.2) is 0 Å². The van der Waals surface area contributed by atoms with E-state index in [1.807, 2.05) is 11.1 Å². The molecule has 1 aromatic heterocycles. The molecule has 3 rings (SSSR count). The van der Waals surface area contributed by atoms with Crippen LogP contribution >= 0.6 is 0 Å². The van der Waals surface area contributed by atoms with Gasteiger partial charge in [0.25, 0.3) is 5.91 Å². The summed E-state index contributed by atoms with van der Waals surface area (Å²) < 4.78 is 0. The van der Waals surface area contributed by atoms with Crippen molar-refractivity contribution in [1.82, 2.24) is 20.4 Å². The molecule has 7 heteroatoms. The van der Waals surface area contributed by atoms with Crippen molar-refractivity contribution in [3.8, 4) is 0 Å². The van der Waals surface area contributed by atoms with E-state index in [0.29, 0.717) is 38.3 Å². The van der Waals surface area contributed by atoms with Gasteiger partial charge in [-0.2, -0.15) is 5.10 Å². The van der Waals surface area contributed by atoms with Gasteiger partial charge >= 0.3 is 0 Å². The fraction of sp³-hybridized carbons (Fsp3) is 0.684. The lowest BCUT2D eigenvalue weighted by atomic mass is 9.88. The number of carbonyl (C=O) groups is 2. The summed E-state index contributed by atoms with van der Waals surface area (Å²) in [6.07, 6.45) is 8.95. The Morgan fingerprint density at radius 2 is 2.08 bits per heavy atom. The molecule has 142 valence electrons. The van der Waals surface area contributed by atoms with Crippen LogP contribution in [-0.4, -0.2) is 51.4 Å². The molecule has 0 aromatic carbocycles. The van der Waals surface area contributed by atoms with Crippen LogP contribution < -0.4 is 5.32 Å². The minimum atomic E-state index is -0.639. The third-order valence-electron chi connectivity index (χ3n) is 5.34. The van der Waals surface area contributed by atoms with Gasteiger partial charge in [0.15, 0.2) is 0 Å².